The molecule has 66 valence electrons. The Hall–Kier alpha value is -0.580. The molecule has 2 rings (SSSR count). The first-order valence-electron chi connectivity index (χ1n) is 3.92. The summed E-state index contributed by atoms with van der Waals surface area (Å²) in [6.07, 6.45) is -0.476. The summed E-state index contributed by atoms with van der Waals surface area (Å²) in [4.78, 5) is 3.08. The second-order valence-corrected chi connectivity index (χ2v) is 4.11. The lowest BCUT2D eigenvalue weighted by molar-refractivity contribution is 0.147. The number of anilines is 1. The van der Waals surface area contributed by atoms with Crippen LogP contribution in [0.3, 0.4) is 0 Å². The molecule has 0 bridgehead atoms. The van der Waals surface area contributed by atoms with Crippen LogP contribution in [-0.4, -0.2) is 24.7 Å². The van der Waals surface area contributed by atoms with E-state index >= 15 is 0 Å². The van der Waals surface area contributed by atoms with E-state index in [2.05, 4.69) is 4.90 Å². The lowest BCUT2D eigenvalue weighted by atomic mass is 10.0. The molecule has 2 atom stereocenters. The molecule has 1 aliphatic heterocycles. The maximum Gasteiger partial charge on any atom is 0.107 e. The number of hydrogen-bond donors (Lipinski definition) is 2. The minimum absolute atomic E-state index is 0.152. The molecule has 0 amide bonds. The van der Waals surface area contributed by atoms with E-state index in [0.29, 0.717) is 0 Å². The molecule has 0 saturated heterocycles. The van der Waals surface area contributed by atoms with E-state index in [1.54, 1.807) is 11.3 Å². The van der Waals surface area contributed by atoms with Crippen LogP contribution in [0.15, 0.2) is 11.4 Å². The van der Waals surface area contributed by atoms with E-state index in [0.717, 1.165) is 17.1 Å². The summed E-state index contributed by atoms with van der Waals surface area (Å²) in [5.74, 6) is 0. The molecule has 3 N–H and O–H groups in total. The summed E-state index contributed by atoms with van der Waals surface area (Å²) in [5, 5.41) is 11.7. The van der Waals surface area contributed by atoms with Gasteiger partial charge in [0, 0.05) is 13.6 Å². The molecule has 1 aromatic rings. The Morgan fingerprint density at radius 3 is 3.25 bits per heavy atom. The number of thiophene rings is 1. The van der Waals surface area contributed by atoms with Gasteiger partial charge in [0.25, 0.3) is 0 Å². The van der Waals surface area contributed by atoms with Crippen LogP contribution in [-0.2, 0) is 0 Å². The third-order valence-corrected chi connectivity index (χ3v) is 3.22. The molecule has 1 aliphatic rings. The van der Waals surface area contributed by atoms with E-state index in [4.69, 9.17) is 5.73 Å². The van der Waals surface area contributed by atoms with Crippen molar-refractivity contribution in [2.45, 2.75) is 12.1 Å². The Bertz CT molecular complexity index is 286. The third-order valence-electron chi connectivity index (χ3n) is 2.24. The zero-order valence-corrected chi connectivity index (χ0v) is 7.71. The van der Waals surface area contributed by atoms with Crippen molar-refractivity contribution < 1.29 is 5.11 Å². The maximum absolute atomic E-state index is 9.70. The van der Waals surface area contributed by atoms with Crippen LogP contribution < -0.4 is 10.6 Å². The first-order chi connectivity index (χ1) is 5.70. The average molecular weight is 184 g/mol. The molecule has 2 unspecified atom stereocenters. The molecule has 12 heavy (non-hydrogen) atoms. The molecule has 3 nitrogen and oxygen atoms in total. The number of likely N-dealkylation sites (N-methyl/N-ethyl adjacent to an activating group) is 1. The van der Waals surface area contributed by atoms with Gasteiger partial charge in [-0.05, 0) is 11.4 Å². The van der Waals surface area contributed by atoms with Crippen LogP contribution >= 0.6 is 11.3 Å². The van der Waals surface area contributed by atoms with Crippen molar-refractivity contribution in [2.24, 2.45) is 5.73 Å². The van der Waals surface area contributed by atoms with Gasteiger partial charge in [0.2, 0.25) is 0 Å². The Morgan fingerprint density at radius 2 is 2.50 bits per heavy atom. The van der Waals surface area contributed by atoms with Crippen molar-refractivity contribution in [3.8, 4) is 0 Å². The monoisotopic (exact) mass is 184 g/mol. The highest BCUT2D eigenvalue weighted by atomic mass is 32.1. The second kappa shape index (κ2) is 2.73. The van der Waals surface area contributed by atoms with E-state index in [-0.39, 0.29) is 6.04 Å². The van der Waals surface area contributed by atoms with Gasteiger partial charge in [-0.25, -0.2) is 0 Å². The average Bonchev–Trinajstić information content (AvgIpc) is 2.48. The first-order valence-corrected chi connectivity index (χ1v) is 4.80. The Morgan fingerprint density at radius 1 is 1.75 bits per heavy atom. The third kappa shape index (κ3) is 1.03. The number of aliphatic hydroxyl groups is 1. The summed E-state index contributed by atoms with van der Waals surface area (Å²) in [6.45, 7) is 0.727. The van der Waals surface area contributed by atoms with Crippen molar-refractivity contribution in [1.82, 2.24) is 0 Å². The van der Waals surface area contributed by atoms with Crippen LogP contribution in [0.2, 0.25) is 0 Å². The highest BCUT2D eigenvalue weighted by molar-refractivity contribution is 7.10. The number of aliphatic hydroxyl groups excluding tert-OH is 1. The van der Waals surface area contributed by atoms with E-state index in [9.17, 15) is 5.11 Å². The van der Waals surface area contributed by atoms with E-state index < -0.39 is 6.10 Å². The summed E-state index contributed by atoms with van der Waals surface area (Å²) in [7, 11) is 2.00. The number of hydrogen-bond acceptors (Lipinski definition) is 4. The molecule has 0 fully saturated rings. The quantitative estimate of drug-likeness (QED) is 0.619. The van der Waals surface area contributed by atoms with Crippen LogP contribution in [0.4, 0.5) is 5.69 Å². The Labute approximate surface area is 75.4 Å². The van der Waals surface area contributed by atoms with Crippen molar-refractivity contribution in [3.63, 3.8) is 0 Å². The van der Waals surface area contributed by atoms with Crippen LogP contribution in [0, 0.1) is 0 Å². The Kier molecular flexibility index (Phi) is 1.83. The zero-order valence-electron chi connectivity index (χ0n) is 6.90. The molecular weight excluding hydrogens is 172 g/mol. The number of rotatable bonds is 0. The smallest absolute Gasteiger partial charge is 0.107 e. The maximum atomic E-state index is 9.70. The SMILES string of the molecule is CN1CC(N)C(O)c2sccc21. The highest BCUT2D eigenvalue weighted by Gasteiger charge is 2.28. The molecule has 0 radical (unpaired) electrons. The second-order valence-electron chi connectivity index (χ2n) is 3.16. The van der Waals surface area contributed by atoms with Crippen molar-refractivity contribution in [3.05, 3.63) is 16.3 Å². The van der Waals surface area contributed by atoms with Gasteiger partial charge < -0.3 is 15.7 Å². The lowest BCUT2D eigenvalue weighted by Gasteiger charge is -2.32. The van der Waals surface area contributed by atoms with Gasteiger partial charge in [0.05, 0.1) is 16.6 Å². The molecule has 1 aromatic heterocycles. The topological polar surface area (TPSA) is 49.5 Å². The van der Waals surface area contributed by atoms with Crippen LogP contribution in [0.1, 0.15) is 11.0 Å². The normalized spacial score (nSPS) is 28.8. The molecule has 2 heterocycles. The largest absolute Gasteiger partial charge is 0.386 e. The van der Waals surface area contributed by atoms with Gasteiger partial charge >= 0.3 is 0 Å². The molecule has 0 spiro atoms. The van der Waals surface area contributed by atoms with Gasteiger partial charge in [-0.2, -0.15) is 0 Å². The molecular formula is C8H12N2OS. The minimum atomic E-state index is -0.476. The van der Waals surface area contributed by atoms with E-state index in [1.165, 1.54) is 0 Å². The first kappa shape index (κ1) is 8.04. The number of fused-ring (bicyclic) bond motifs is 1. The molecule has 0 aromatic carbocycles. The van der Waals surface area contributed by atoms with Gasteiger partial charge in [-0.1, -0.05) is 0 Å². The van der Waals surface area contributed by atoms with Crippen LogP contribution in [0.25, 0.3) is 0 Å². The summed E-state index contributed by atoms with van der Waals surface area (Å²) < 4.78 is 0. The molecule has 0 aliphatic carbocycles. The molecule has 4 heteroatoms. The number of nitrogens with two attached hydrogens (primary N) is 1. The van der Waals surface area contributed by atoms with Crippen molar-refractivity contribution >= 4 is 17.0 Å². The van der Waals surface area contributed by atoms with Gasteiger partial charge in [0.15, 0.2) is 0 Å². The predicted molar refractivity (Wildman–Crippen MR) is 50.5 cm³/mol. The standard InChI is InChI=1S/C8H12N2OS/c1-10-4-5(9)7(11)8-6(10)2-3-12-8/h2-3,5,7,11H,4,9H2,1H3. The number of nitrogens with zero attached hydrogens (tertiary/aromatic N) is 1. The van der Waals surface area contributed by atoms with Gasteiger partial charge in [-0.15, -0.1) is 11.3 Å². The summed E-state index contributed by atoms with van der Waals surface area (Å²) >= 11 is 1.57. The van der Waals surface area contributed by atoms with Gasteiger partial charge in [-0.3, -0.25) is 0 Å². The van der Waals surface area contributed by atoms with Crippen LogP contribution in [0.5, 0.6) is 0 Å². The Balaban J connectivity index is 2.43. The minimum Gasteiger partial charge on any atom is -0.386 e. The summed E-state index contributed by atoms with van der Waals surface area (Å²) in [5.41, 5.74) is 6.88. The van der Waals surface area contributed by atoms with Crippen molar-refractivity contribution in [1.29, 1.82) is 0 Å². The molecule has 0 saturated carbocycles. The van der Waals surface area contributed by atoms with E-state index in [1.807, 2.05) is 18.5 Å². The fourth-order valence-corrected chi connectivity index (χ4v) is 2.56. The van der Waals surface area contributed by atoms with Gasteiger partial charge in [0.1, 0.15) is 6.10 Å². The fraction of sp³-hybridized carbons (Fsp3) is 0.500. The fourth-order valence-electron chi connectivity index (χ4n) is 1.56. The predicted octanol–water partition coefficient (Wildman–Crippen LogP) is 0.559. The lowest BCUT2D eigenvalue weighted by Crippen LogP contribution is -2.43. The van der Waals surface area contributed by atoms with Crippen molar-refractivity contribution in [2.75, 3.05) is 18.5 Å². The highest BCUT2D eigenvalue weighted by Crippen LogP contribution is 2.36. The zero-order chi connectivity index (χ0) is 8.72. The summed E-state index contributed by atoms with van der Waals surface area (Å²) in [6, 6.07) is 1.87.